The first-order valence-corrected chi connectivity index (χ1v) is 6.60. The molecule has 0 aromatic heterocycles. The van der Waals surface area contributed by atoms with E-state index in [0.717, 1.165) is 0 Å². The number of nitrogens with zero attached hydrogens (tertiary/aromatic N) is 2. The summed E-state index contributed by atoms with van der Waals surface area (Å²) in [6, 6.07) is -0.791. The molecule has 3 amide bonds. The van der Waals surface area contributed by atoms with Crippen LogP contribution in [0.1, 0.15) is 6.92 Å². The third kappa shape index (κ3) is 3.19. The number of urea groups is 1. The zero-order valence-corrected chi connectivity index (χ0v) is 11.4. The molecule has 2 rings (SSSR count). The van der Waals surface area contributed by atoms with Crippen molar-refractivity contribution in [3.8, 4) is 0 Å². The third-order valence-electron chi connectivity index (χ3n) is 3.72. The van der Waals surface area contributed by atoms with Crippen molar-refractivity contribution in [3.05, 3.63) is 0 Å². The molecule has 0 radical (unpaired) electrons. The Hall–Kier alpha value is -1.83. The zero-order valence-electron chi connectivity index (χ0n) is 11.4. The summed E-state index contributed by atoms with van der Waals surface area (Å²) >= 11 is 0. The predicted molar refractivity (Wildman–Crippen MR) is 68.1 cm³/mol. The number of carbonyl (C=O) groups is 3. The standard InChI is InChI=1S/C12H19N3O5/c1-8(16)14-2-4-15(5-3-14)12(19)13-10-7-20-6-9(10)11(17)18/h9-10H,2-7H2,1H3,(H,13,19)(H,17,18). The van der Waals surface area contributed by atoms with Gasteiger partial charge in [-0.05, 0) is 0 Å². The first kappa shape index (κ1) is 14.6. The lowest BCUT2D eigenvalue weighted by Gasteiger charge is -2.34. The van der Waals surface area contributed by atoms with Crippen LogP contribution in [-0.4, -0.2) is 78.2 Å². The van der Waals surface area contributed by atoms with Crippen LogP contribution in [0.4, 0.5) is 4.79 Å². The van der Waals surface area contributed by atoms with Gasteiger partial charge in [-0.3, -0.25) is 9.59 Å². The van der Waals surface area contributed by atoms with Crippen LogP contribution in [0.15, 0.2) is 0 Å². The third-order valence-corrected chi connectivity index (χ3v) is 3.72. The summed E-state index contributed by atoms with van der Waals surface area (Å²) in [6.45, 7) is 3.77. The normalized spacial score (nSPS) is 26.4. The molecule has 2 aliphatic heterocycles. The minimum atomic E-state index is -0.964. The number of rotatable bonds is 2. The minimum absolute atomic E-state index is 0.000178. The minimum Gasteiger partial charge on any atom is -0.481 e. The second-order valence-electron chi connectivity index (χ2n) is 5.03. The Morgan fingerprint density at radius 2 is 1.70 bits per heavy atom. The first-order valence-electron chi connectivity index (χ1n) is 6.60. The van der Waals surface area contributed by atoms with Gasteiger partial charge in [0.05, 0.1) is 19.3 Å². The Bertz CT molecular complexity index is 406. The fourth-order valence-corrected chi connectivity index (χ4v) is 2.41. The average Bonchev–Trinajstić information content (AvgIpc) is 2.87. The zero-order chi connectivity index (χ0) is 14.7. The number of carboxylic acid groups (broad SMARTS) is 1. The number of hydrogen-bond acceptors (Lipinski definition) is 4. The molecule has 8 heteroatoms. The Balaban J connectivity index is 1.84. The fourth-order valence-electron chi connectivity index (χ4n) is 2.41. The van der Waals surface area contributed by atoms with Crippen molar-refractivity contribution in [1.82, 2.24) is 15.1 Å². The van der Waals surface area contributed by atoms with Gasteiger partial charge in [0, 0.05) is 33.1 Å². The average molecular weight is 285 g/mol. The highest BCUT2D eigenvalue weighted by Crippen LogP contribution is 2.14. The lowest BCUT2D eigenvalue weighted by molar-refractivity contribution is -0.142. The van der Waals surface area contributed by atoms with Crippen molar-refractivity contribution in [3.63, 3.8) is 0 Å². The molecule has 2 atom stereocenters. The molecule has 20 heavy (non-hydrogen) atoms. The van der Waals surface area contributed by atoms with E-state index >= 15 is 0 Å². The van der Waals surface area contributed by atoms with Crippen LogP contribution in [0, 0.1) is 5.92 Å². The lowest BCUT2D eigenvalue weighted by atomic mass is 10.0. The quantitative estimate of drug-likeness (QED) is 0.675. The Labute approximate surface area is 116 Å². The van der Waals surface area contributed by atoms with Crippen molar-refractivity contribution in [2.75, 3.05) is 39.4 Å². The summed E-state index contributed by atoms with van der Waals surface area (Å²) in [7, 11) is 0. The number of ether oxygens (including phenoxy) is 1. The van der Waals surface area contributed by atoms with E-state index in [4.69, 9.17) is 9.84 Å². The summed E-state index contributed by atoms with van der Waals surface area (Å²) in [6.07, 6.45) is 0. The van der Waals surface area contributed by atoms with E-state index in [-0.39, 0.29) is 25.2 Å². The van der Waals surface area contributed by atoms with E-state index in [1.165, 1.54) is 6.92 Å². The molecular formula is C12H19N3O5. The molecule has 0 saturated carbocycles. The second kappa shape index (κ2) is 6.08. The van der Waals surface area contributed by atoms with Gasteiger partial charge in [0.25, 0.3) is 0 Å². The fraction of sp³-hybridized carbons (Fsp3) is 0.750. The van der Waals surface area contributed by atoms with Crippen LogP contribution in [0.5, 0.6) is 0 Å². The van der Waals surface area contributed by atoms with Gasteiger partial charge in [-0.2, -0.15) is 0 Å². The maximum absolute atomic E-state index is 12.1. The van der Waals surface area contributed by atoms with Crippen LogP contribution in [0.25, 0.3) is 0 Å². The SMILES string of the molecule is CC(=O)N1CCN(C(=O)NC2COCC2C(=O)O)CC1. The van der Waals surface area contributed by atoms with E-state index in [1.807, 2.05) is 0 Å². The molecule has 8 nitrogen and oxygen atoms in total. The van der Waals surface area contributed by atoms with Crippen LogP contribution in [0.2, 0.25) is 0 Å². The van der Waals surface area contributed by atoms with Crippen molar-refractivity contribution < 1.29 is 24.2 Å². The van der Waals surface area contributed by atoms with Gasteiger partial charge in [0.2, 0.25) is 5.91 Å². The summed E-state index contributed by atoms with van der Waals surface area (Å²) < 4.78 is 5.10. The highest BCUT2D eigenvalue weighted by molar-refractivity contribution is 5.78. The molecule has 2 aliphatic rings. The topological polar surface area (TPSA) is 99.2 Å². The maximum atomic E-state index is 12.1. The monoisotopic (exact) mass is 285 g/mol. The van der Waals surface area contributed by atoms with Gasteiger partial charge in [-0.25, -0.2) is 4.79 Å². The molecule has 2 fully saturated rings. The highest BCUT2D eigenvalue weighted by atomic mass is 16.5. The van der Waals surface area contributed by atoms with Gasteiger partial charge in [-0.1, -0.05) is 0 Å². The molecule has 112 valence electrons. The van der Waals surface area contributed by atoms with Crippen molar-refractivity contribution in [2.24, 2.45) is 5.92 Å². The van der Waals surface area contributed by atoms with Gasteiger partial charge >= 0.3 is 12.0 Å². The van der Waals surface area contributed by atoms with Gasteiger partial charge in [0.15, 0.2) is 0 Å². The number of amides is 3. The van der Waals surface area contributed by atoms with Crippen LogP contribution < -0.4 is 5.32 Å². The second-order valence-corrected chi connectivity index (χ2v) is 5.03. The molecule has 0 aromatic rings. The largest absolute Gasteiger partial charge is 0.481 e. The van der Waals surface area contributed by atoms with Gasteiger partial charge in [0.1, 0.15) is 5.92 Å². The van der Waals surface area contributed by atoms with Gasteiger partial charge < -0.3 is 25.0 Å². The van der Waals surface area contributed by atoms with E-state index in [2.05, 4.69) is 5.32 Å². The van der Waals surface area contributed by atoms with Crippen LogP contribution >= 0.6 is 0 Å². The Morgan fingerprint density at radius 1 is 1.10 bits per heavy atom. The smallest absolute Gasteiger partial charge is 0.317 e. The molecule has 2 saturated heterocycles. The highest BCUT2D eigenvalue weighted by Gasteiger charge is 2.36. The van der Waals surface area contributed by atoms with E-state index in [1.54, 1.807) is 9.80 Å². The molecular weight excluding hydrogens is 266 g/mol. The Kier molecular flexibility index (Phi) is 4.43. The number of piperazine rings is 1. The molecule has 2 heterocycles. The van der Waals surface area contributed by atoms with E-state index in [0.29, 0.717) is 26.2 Å². The molecule has 0 aromatic carbocycles. The first-order chi connectivity index (χ1) is 9.49. The van der Waals surface area contributed by atoms with Crippen LogP contribution in [0.3, 0.4) is 0 Å². The predicted octanol–water partition coefficient (Wildman–Crippen LogP) is -1.04. The molecule has 0 aliphatic carbocycles. The summed E-state index contributed by atoms with van der Waals surface area (Å²) in [5, 5.41) is 11.7. The number of aliphatic carboxylic acids is 1. The van der Waals surface area contributed by atoms with E-state index < -0.39 is 17.9 Å². The summed E-state index contributed by atoms with van der Waals surface area (Å²) in [5.41, 5.74) is 0. The summed E-state index contributed by atoms with van der Waals surface area (Å²) in [4.78, 5) is 37.5. The maximum Gasteiger partial charge on any atom is 0.317 e. The van der Waals surface area contributed by atoms with Crippen LogP contribution in [-0.2, 0) is 14.3 Å². The lowest BCUT2D eigenvalue weighted by Crippen LogP contribution is -2.55. The summed E-state index contributed by atoms with van der Waals surface area (Å²) in [5.74, 6) is -1.66. The molecule has 0 bridgehead atoms. The molecule has 0 spiro atoms. The molecule has 2 unspecified atom stereocenters. The number of carbonyl (C=O) groups excluding carboxylic acids is 2. The van der Waals surface area contributed by atoms with Crippen molar-refractivity contribution in [2.45, 2.75) is 13.0 Å². The van der Waals surface area contributed by atoms with Crippen molar-refractivity contribution in [1.29, 1.82) is 0 Å². The number of hydrogen-bond donors (Lipinski definition) is 2. The molecule has 2 N–H and O–H groups in total. The van der Waals surface area contributed by atoms with Gasteiger partial charge in [-0.15, -0.1) is 0 Å². The Morgan fingerprint density at radius 3 is 2.25 bits per heavy atom. The van der Waals surface area contributed by atoms with E-state index in [9.17, 15) is 14.4 Å². The number of nitrogens with one attached hydrogen (secondary N) is 1. The number of carboxylic acids is 1. The van der Waals surface area contributed by atoms with Crippen molar-refractivity contribution >= 4 is 17.9 Å².